The highest BCUT2D eigenvalue weighted by Crippen LogP contribution is 2.39. The molecule has 19 heavy (non-hydrogen) atoms. The first-order valence-electron chi connectivity index (χ1n) is 6.13. The van der Waals surface area contributed by atoms with E-state index in [1.165, 1.54) is 6.33 Å². The van der Waals surface area contributed by atoms with E-state index in [4.69, 9.17) is 20.8 Å². The number of hydrogen-bond acceptors (Lipinski definition) is 5. The van der Waals surface area contributed by atoms with Crippen molar-refractivity contribution in [2.45, 2.75) is 25.4 Å². The largest absolute Gasteiger partial charge is 0.490 e. The Morgan fingerprint density at radius 2 is 2.32 bits per heavy atom. The molecule has 0 N–H and O–H groups in total. The van der Waals surface area contributed by atoms with Crippen LogP contribution in [-0.4, -0.2) is 23.1 Å². The van der Waals surface area contributed by atoms with E-state index < -0.39 is 0 Å². The summed E-state index contributed by atoms with van der Waals surface area (Å²) in [4.78, 5) is 10.4. The average Bonchev–Trinajstić information content (AvgIpc) is 3.13. The summed E-state index contributed by atoms with van der Waals surface area (Å²) in [5.41, 5.74) is 0. The summed E-state index contributed by atoms with van der Waals surface area (Å²) < 4.78 is 10.7. The number of methoxy groups -OCH3 is 1. The fourth-order valence-corrected chi connectivity index (χ4v) is 2.26. The minimum atomic E-state index is 0.331. The molecule has 6 heteroatoms. The maximum Gasteiger partial charge on any atom is 0.199 e. The molecule has 0 aromatic carbocycles. The first-order valence-corrected chi connectivity index (χ1v) is 6.51. The van der Waals surface area contributed by atoms with Crippen LogP contribution in [0.4, 0.5) is 5.82 Å². The zero-order valence-corrected chi connectivity index (χ0v) is 11.3. The Hall–Kier alpha value is -1.75. The number of nitrogens with zero attached hydrogens (tertiary/aromatic N) is 3. The van der Waals surface area contributed by atoms with E-state index in [9.17, 15) is 0 Å². The molecule has 3 rings (SSSR count). The summed E-state index contributed by atoms with van der Waals surface area (Å²) in [6, 6.07) is 4.29. The lowest BCUT2D eigenvalue weighted by Gasteiger charge is -2.24. The topological polar surface area (TPSA) is 51.4 Å². The maximum atomic E-state index is 6.05. The smallest absolute Gasteiger partial charge is 0.199 e. The third-order valence-corrected chi connectivity index (χ3v) is 3.38. The van der Waals surface area contributed by atoms with Crippen molar-refractivity contribution in [2.24, 2.45) is 0 Å². The van der Waals surface area contributed by atoms with Crippen LogP contribution in [0.25, 0.3) is 0 Å². The van der Waals surface area contributed by atoms with Gasteiger partial charge in [-0.15, -0.1) is 0 Å². The molecule has 1 aliphatic carbocycles. The highest BCUT2D eigenvalue weighted by Gasteiger charge is 2.33. The molecule has 1 fully saturated rings. The Labute approximate surface area is 116 Å². The van der Waals surface area contributed by atoms with E-state index in [2.05, 4.69) is 14.9 Å². The third-order valence-electron chi connectivity index (χ3n) is 3.11. The highest BCUT2D eigenvalue weighted by atomic mass is 35.5. The van der Waals surface area contributed by atoms with E-state index in [1.807, 2.05) is 12.1 Å². The minimum absolute atomic E-state index is 0.331. The number of aromatic nitrogens is 2. The molecule has 0 amide bonds. The fraction of sp³-hybridized carbons (Fsp3) is 0.385. The zero-order chi connectivity index (χ0) is 13.2. The molecule has 2 aromatic rings. The van der Waals surface area contributed by atoms with Crippen molar-refractivity contribution in [2.75, 3.05) is 12.0 Å². The predicted molar refractivity (Wildman–Crippen MR) is 71.5 cm³/mol. The van der Waals surface area contributed by atoms with Gasteiger partial charge >= 0.3 is 0 Å². The Morgan fingerprint density at radius 1 is 1.47 bits per heavy atom. The molecular formula is C13H14ClN3O2. The maximum absolute atomic E-state index is 6.05. The number of ether oxygens (including phenoxy) is 1. The summed E-state index contributed by atoms with van der Waals surface area (Å²) in [6.07, 6.45) is 5.42. The molecule has 1 aliphatic rings. The lowest BCUT2D eigenvalue weighted by Crippen LogP contribution is -2.26. The van der Waals surface area contributed by atoms with Crippen molar-refractivity contribution in [3.63, 3.8) is 0 Å². The Bertz CT molecular complexity index is 555. The predicted octanol–water partition coefficient (Wildman–Crippen LogP) is 2.90. The van der Waals surface area contributed by atoms with Crippen molar-refractivity contribution in [3.8, 4) is 5.75 Å². The summed E-state index contributed by atoms with van der Waals surface area (Å²) in [7, 11) is 1.58. The minimum Gasteiger partial charge on any atom is -0.490 e. The number of hydrogen-bond donors (Lipinski definition) is 0. The molecule has 100 valence electrons. The Kier molecular flexibility index (Phi) is 3.29. The van der Waals surface area contributed by atoms with Gasteiger partial charge < -0.3 is 14.1 Å². The van der Waals surface area contributed by atoms with E-state index in [-0.39, 0.29) is 0 Å². The monoisotopic (exact) mass is 279 g/mol. The number of furan rings is 1. The number of anilines is 1. The molecule has 1 saturated carbocycles. The lowest BCUT2D eigenvalue weighted by molar-refractivity contribution is 0.408. The molecule has 0 bridgehead atoms. The summed E-state index contributed by atoms with van der Waals surface area (Å²) in [6.45, 7) is 0.654. The molecule has 2 heterocycles. The van der Waals surface area contributed by atoms with Crippen LogP contribution >= 0.6 is 11.6 Å². The van der Waals surface area contributed by atoms with Gasteiger partial charge in [0.05, 0.1) is 19.9 Å². The highest BCUT2D eigenvalue weighted by molar-refractivity contribution is 6.31. The molecule has 0 spiro atoms. The molecule has 0 saturated heterocycles. The van der Waals surface area contributed by atoms with Gasteiger partial charge in [0.2, 0.25) is 0 Å². The molecule has 2 aromatic heterocycles. The molecule has 0 radical (unpaired) electrons. The van der Waals surface area contributed by atoms with Crippen LogP contribution in [0.5, 0.6) is 5.75 Å². The normalized spacial score (nSPS) is 14.4. The summed E-state index contributed by atoms with van der Waals surface area (Å²) in [5, 5.41) is 0.331. The van der Waals surface area contributed by atoms with Crippen LogP contribution in [-0.2, 0) is 6.54 Å². The van der Waals surface area contributed by atoms with Crippen LogP contribution in [0.2, 0.25) is 5.15 Å². The van der Waals surface area contributed by atoms with Crippen LogP contribution < -0.4 is 9.64 Å². The number of halogens is 1. The van der Waals surface area contributed by atoms with E-state index in [0.717, 1.165) is 24.4 Å². The van der Waals surface area contributed by atoms with Crippen LogP contribution in [0.15, 0.2) is 29.1 Å². The van der Waals surface area contributed by atoms with Crippen molar-refractivity contribution in [1.29, 1.82) is 0 Å². The zero-order valence-electron chi connectivity index (χ0n) is 10.5. The Morgan fingerprint density at radius 3 is 2.95 bits per heavy atom. The van der Waals surface area contributed by atoms with Crippen molar-refractivity contribution in [1.82, 2.24) is 9.97 Å². The summed E-state index contributed by atoms with van der Waals surface area (Å²) >= 11 is 6.05. The second-order valence-electron chi connectivity index (χ2n) is 4.46. The third kappa shape index (κ3) is 2.51. The average molecular weight is 280 g/mol. The van der Waals surface area contributed by atoms with Gasteiger partial charge in [0.1, 0.15) is 12.1 Å². The number of rotatable bonds is 5. The van der Waals surface area contributed by atoms with Crippen LogP contribution in [0.1, 0.15) is 18.6 Å². The van der Waals surface area contributed by atoms with Gasteiger partial charge in [-0.3, -0.25) is 0 Å². The summed E-state index contributed by atoms with van der Waals surface area (Å²) in [5.74, 6) is 2.13. The van der Waals surface area contributed by atoms with Crippen LogP contribution in [0, 0.1) is 0 Å². The first kappa shape index (κ1) is 12.3. The lowest BCUT2D eigenvalue weighted by atomic mass is 10.3. The first-order chi connectivity index (χ1) is 9.29. The fourth-order valence-electron chi connectivity index (χ4n) is 2.06. The van der Waals surface area contributed by atoms with Crippen molar-refractivity contribution >= 4 is 17.4 Å². The van der Waals surface area contributed by atoms with Gasteiger partial charge in [-0.1, -0.05) is 11.6 Å². The second-order valence-corrected chi connectivity index (χ2v) is 4.82. The molecule has 0 atom stereocenters. The van der Waals surface area contributed by atoms with Gasteiger partial charge in [-0.05, 0) is 25.0 Å². The standard InChI is InChI=1S/C13H14ClN3O2/c1-18-11-12(14)15-8-16-13(11)17(9-4-5-9)7-10-3-2-6-19-10/h2-3,6,8-9H,4-5,7H2,1H3. The quantitative estimate of drug-likeness (QED) is 0.788. The van der Waals surface area contributed by atoms with Gasteiger partial charge in [0.25, 0.3) is 0 Å². The van der Waals surface area contributed by atoms with Gasteiger partial charge in [-0.25, -0.2) is 9.97 Å². The van der Waals surface area contributed by atoms with E-state index in [1.54, 1.807) is 13.4 Å². The SMILES string of the molecule is COc1c(Cl)ncnc1N(Cc1ccco1)C1CC1. The molecule has 0 aliphatic heterocycles. The van der Waals surface area contributed by atoms with E-state index >= 15 is 0 Å². The van der Waals surface area contributed by atoms with Crippen molar-refractivity contribution < 1.29 is 9.15 Å². The van der Waals surface area contributed by atoms with Crippen LogP contribution in [0.3, 0.4) is 0 Å². The molecule has 0 unspecified atom stereocenters. The van der Waals surface area contributed by atoms with Gasteiger partial charge in [0, 0.05) is 6.04 Å². The Balaban J connectivity index is 1.94. The molecule has 5 nitrogen and oxygen atoms in total. The second kappa shape index (κ2) is 5.09. The molecular weight excluding hydrogens is 266 g/mol. The van der Waals surface area contributed by atoms with Gasteiger partial charge in [-0.2, -0.15) is 0 Å². The van der Waals surface area contributed by atoms with E-state index in [0.29, 0.717) is 23.5 Å². The van der Waals surface area contributed by atoms with Crippen molar-refractivity contribution in [3.05, 3.63) is 35.6 Å². The van der Waals surface area contributed by atoms with Gasteiger partial charge in [0.15, 0.2) is 16.7 Å².